The Morgan fingerprint density at radius 3 is 2.81 bits per heavy atom. The zero-order chi connectivity index (χ0) is 21.7. The molecular formula is C21H18N8O2S. The Balaban J connectivity index is 1.51. The van der Waals surface area contributed by atoms with Crippen LogP contribution in [0.5, 0.6) is 5.75 Å². The molecule has 2 aromatic carbocycles. The summed E-state index contributed by atoms with van der Waals surface area (Å²) in [5.41, 5.74) is 1.25. The first-order valence-corrected chi connectivity index (χ1v) is 11.2. The van der Waals surface area contributed by atoms with Crippen molar-refractivity contribution in [3.8, 4) is 11.4 Å². The van der Waals surface area contributed by atoms with Gasteiger partial charge in [0.1, 0.15) is 5.75 Å². The van der Waals surface area contributed by atoms with Crippen LogP contribution in [0.15, 0.2) is 58.5 Å². The number of para-hydroxylation sites is 1. The maximum absolute atomic E-state index is 13.4. The topological polar surface area (TPSA) is 105 Å². The average molecular weight is 446 g/mol. The van der Waals surface area contributed by atoms with Gasteiger partial charge in [-0.15, -0.1) is 15.3 Å². The Hall–Kier alpha value is -3.73. The van der Waals surface area contributed by atoms with Crippen molar-refractivity contribution in [2.75, 3.05) is 7.11 Å². The van der Waals surface area contributed by atoms with Crippen LogP contribution in [-0.4, -0.2) is 46.5 Å². The van der Waals surface area contributed by atoms with Gasteiger partial charge in [-0.05, 0) is 47.5 Å². The molecular weight excluding hydrogens is 428 g/mol. The van der Waals surface area contributed by atoms with Gasteiger partial charge in [-0.3, -0.25) is 9.20 Å². The molecule has 0 spiro atoms. The number of hydrogen-bond acceptors (Lipinski definition) is 8. The lowest BCUT2D eigenvalue weighted by molar-refractivity contribution is 0.414. The first-order chi connectivity index (χ1) is 15.7. The maximum Gasteiger partial charge on any atom is 0.267 e. The van der Waals surface area contributed by atoms with Crippen molar-refractivity contribution in [3.05, 3.63) is 64.7 Å². The summed E-state index contributed by atoms with van der Waals surface area (Å²) in [7, 11) is 1.60. The lowest BCUT2D eigenvalue weighted by atomic mass is 10.2. The van der Waals surface area contributed by atoms with Crippen molar-refractivity contribution in [3.63, 3.8) is 0 Å². The second kappa shape index (κ2) is 7.45. The van der Waals surface area contributed by atoms with Gasteiger partial charge in [0.2, 0.25) is 5.78 Å². The van der Waals surface area contributed by atoms with Crippen LogP contribution in [0.25, 0.3) is 22.4 Å². The van der Waals surface area contributed by atoms with Crippen molar-refractivity contribution >= 4 is 28.4 Å². The zero-order valence-corrected chi connectivity index (χ0v) is 17.9. The van der Waals surface area contributed by atoms with E-state index in [4.69, 9.17) is 4.74 Å². The third-order valence-corrected chi connectivity index (χ3v) is 6.42. The summed E-state index contributed by atoms with van der Waals surface area (Å²) < 4.78 is 10.7. The SMILES string of the molecule is COc1cccc(-n2c(=O)c3ccccc3n3c(SCc4nnnn4C4CC4)nnc23)c1. The number of ether oxygens (including phenoxy) is 1. The van der Waals surface area contributed by atoms with E-state index in [2.05, 4.69) is 25.7 Å². The second-order valence-corrected chi connectivity index (χ2v) is 8.48. The molecule has 0 amide bonds. The number of aromatic nitrogens is 8. The molecule has 0 bridgehead atoms. The molecule has 3 aromatic heterocycles. The minimum atomic E-state index is -0.164. The number of hydrogen-bond donors (Lipinski definition) is 0. The molecule has 0 N–H and O–H groups in total. The lowest BCUT2D eigenvalue weighted by Crippen LogP contribution is -2.21. The van der Waals surface area contributed by atoms with Crippen LogP contribution in [0.1, 0.15) is 24.7 Å². The van der Waals surface area contributed by atoms with Gasteiger partial charge in [-0.2, -0.15) is 0 Å². The molecule has 32 heavy (non-hydrogen) atoms. The molecule has 0 atom stereocenters. The third-order valence-electron chi connectivity index (χ3n) is 5.49. The molecule has 0 radical (unpaired) electrons. The van der Waals surface area contributed by atoms with E-state index < -0.39 is 0 Å². The third kappa shape index (κ3) is 3.04. The van der Waals surface area contributed by atoms with Gasteiger partial charge >= 0.3 is 0 Å². The van der Waals surface area contributed by atoms with Gasteiger partial charge in [0, 0.05) is 6.07 Å². The van der Waals surface area contributed by atoms with E-state index in [-0.39, 0.29) is 5.56 Å². The first kappa shape index (κ1) is 19.0. The summed E-state index contributed by atoms with van der Waals surface area (Å²) in [6.07, 6.45) is 2.21. The number of thioether (sulfide) groups is 1. The highest BCUT2D eigenvalue weighted by Gasteiger charge is 2.28. The lowest BCUT2D eigenvalue weighted by Gasteiger charge is -2.12. The van der Waals surface area contributed by atoms with Gasteiger partial charge < -0.3 is 4.74 Å². The summed E-state index contributed by atoms with van der Waals surface area (Å²) in [5, 5.41) is 22.2. The summed E-state index contributed by atoms with van der Waals surface area (Å²) in [6, 6.07) is 15.2. The van der Waals surface area contributed by atoms with Crippen LogP contribution in [0.2, 0.25) is 0 Å². The highest BCUT2D eigenvalue weighted by Crippen LogP contribution is 2.35. The average Bonchev–Trinajstić information content (AvgIpc) is 3.42. The Morgan fingerprint density at radius 2 is 1.97 bits per heavy atom. The maximum atomic E-state index is 13.4. The largest absolute Gasteiger partial charge is 0.497 e. The molecule has 10 nitrogen and oxygen atoms in total. The first-order valence-electron chi connectivity index (χ1n) is 10.2. The fraction of sp³-hybridized carbons (Fsp3) is 0.238. The fourth-order valence-electron chi connectivity index (χ4n) is 3.79. The van der Waals surface area contributed by atoms with E-state index in [1.54, 1.807) is 17.7 Å². The Bertz CT molecular complexity index is 1520. The van der Waals surface area contributed by atoms with Crippen molar-refractivity contribution in [1.29, 1.82) is 0 Å². The van der Waals surface area contributed by atoms with Gasteiger partial charge in [-0.1, -0.05) is 30.0 Å². The summed E-state index contributed by atoms with van der Waals surface area (Å²) >= 11 is 1.49. The predicted octanol–water partition coefficient (Wildman–Crippen LogP) is 2.66. The standard InChI is InChI=1S/C21H18N8O2S/c1-31-15-6-4-5-14(11-15)27-19(30)16-7-2-3-8-17(16)28-20(27)23-24-21(28)32-12-18-22-25-26-29(18)13-9-10-13/h2-8,11,13H,9-10,12H2,1H3. The summed E-state index contributed by atoms with van der Waals surface area (Å²) in [5.74, 6) is 2.45. The molecule has 160 valence electrons. The van der Waals surface area contributed by atoms with Crippen molar-refractivity contribution in [1.82, 2.24) is 39.4 Å². The monoisotopic (exact) mass is 446 g/mol. The van der Waals surface area contributed by atoms with E-state index in [0.29, 0.717) is 39.6 Å². The molecule has 1 aliphatic carbocycles. The molecule has 1 aliphatic rings. The molecule has 11 heteroatoms. The molecule has 6 rings (SSSR count). The molecule has 1 fully saturated rings. The molecule has 3 heterocycles. The fourth-order valence-corrected chi connectivity index (χ4v) is 4.65. The van der Waals surface area contributed by atoms with E-state index in [1.807, 2.05) is 51.5 Å². The number of fused-ring (bicyclic) bond motifs is 3. The molecule has 0 aliphatic heterocycles. The van der Waals surface area contributed by atoms with Gasteiger partial charge in [0.15, 0.2) is 11.0 Å². The zero-order valence-electron chi connectivity index (χ0n) is 17.1. The summed E-state index contributed by atoms with van der Waals surface area (Å²) in [6.45, 7) is 0. The predicted molar refractivity (Wildman–Crippen MR) is 118 cm³/mol. The minimum absolute atomic E-state index is 0.164. The van der Waals surface area contributed by atoms with Gasteiger partial charge in [0.05, 0.1) is 35.5 Å². The Morgan fingerprint density at radius 1 is 1.09 bits per heavy atom. The number of benzene rings is 2. The van der Waals surface area contributed by atoms with Crippen LogP contribution in [-0.2, 0) is 5.75 Å². The van der Waals surface area contributed by atoms with E-state index >= 15 is 0 Å². The molecule has 0 unspecified atom stereocenters. The highest BCUT2D eigenvalue weighted by atomic mass is 32.2. The Kier molecular flexibility index (Phi) is 4.42. The van der Waals surface area contributed by atoms with Crippen LogP contribution < -0.4 is 10.3 Å². The van der Waals surface area contributed by atoms with Crippen LogP contribution >= 0.6 is 11.8 Å². The van der Waals surface area contributed by atoms with Gasteiger partial charge in [0.25, 0.3) is 5.56 Å². The van der Waals surface area contributed by atoms with E-state index in [1.165, 1.54) is 11.8 Å². The van der Waals surface area contributed by atoms with Crippen molar-refractivity contribution in [2.45, 2.75) is 29.8 Å². The number of methoxy groups -OCH3 is 1. The number of rotatable bonds is 6. The molecule has 5 aromatic rings. The quantitative estimate of drug-likeness (QED) is 0.367. The minimum Gasteiger partial charge on any atom is -0.497 e. The smallest absolute Gasteiger partial charge is 0.267 e. The number of tetrazole rings is 1. The van der Waals surface area contributed by atoms with Gasteiger partial charge in [-0.25, -0.2) is 9.25 Å². The van der Waals surface area contributed by atoms with Crippen molar-refractivity contribution in [2.24, 2.45) is 0 Å². The summed E-state index contributed by atoms with van der Waals surface area (Å²) in [4.78, 5) is 13.4. The molecule has 1 saturated carbocycles. The van der Waals surface area contributed by atoms with E-state index in [0.717, 1.165) is 24.2 Å². The number of nitrogens with zero attached hydrogens (tertiary/aromatic N) is 8. The Labute approximate surface area is 185 Å². The highest BCUT2D eigenvalue weighted by molar-refractivity contribution is 7.98. The van der Waals surface area contributed by atoms with Crippen LogP contribution in [0, 0.1) is 0 Å². The van der Waals surface area contributed by atoms with E-state index in [9.17, 15) is 4.79 Å². The van der Waals surface area contributed by atoms with Crippen LogP contribution in [0.3, 0.4) is 0 Å². The van der Waals surface area contributed by atoms with Crippen molar-refractivity contribution < 1.29 is 4.74 Å². The molecule has 0 saturated heterocycles. The normalized spacial score (nSPS) is 13.8. The van der Waals surface area contributed by atoms with Crippen LogP contribution in [0.4, 0.5) is 0 Å². The second-order valence-electron chi connectivity index (χ2n) is 7.54.